The molecule has 0 bridgehead atoms. The zero-order valence-electron chi connectivity index (χ0n) is 23.2. The van der Waals surface area contributed by atoms with Gasteiger partial charge < -0.3 is 0 Å². The summed E-state index contributed by atoms with van der Waals surface area (Å²) in [5, 5.41) is 7.59. The van der Waals surface area contributed by atoms with Crippen LogP contribution in [-0.4, -0.2) is 0 Å². The lowest BCUT2D eigenvalue weighted by Gasteiger charge is -2.21. The largest absolute Gasteiger partial charge is 0.0622 e. The molecule has 8 aromatic carbocycles. The van der Waals surface area contributed by atoms with Crippen molar-refractivity contribution < 1.29 is 0 Å². The van der Waals surface area contributed by atoms with E-state index in [-0.39, 0.29) is 0 Å². The molecule has 0 heteroatoms. The molecule has 0 spiro atoms. The minimum Gasteiger partial charge on any atom is -0.0622 e. The summed E-state index contributed by atoms with van der Waals surface area (Å²) in [6.45, 7) is 0. The molecule has 0 aliphatic heterocycles. The summed E-state index contributed by atoms with van der Waals surface area (Å²) in [5.74, 6) is 0. The van der Waals surface area contributed by atoms with Gasteiger partial charge in [0.2, 0.25) is 0 Å². The van der Waals surface area contributed by atoms with Crippen molar-refractivity contribution in [3.05, 3.63) is 170 Å². The fourth-order valence-electron chi connectivity index (χ4n) is 6.59. The smallest absolute Gasteiger partial charge is 0.00199 e. The van der Waals surface area contributed by atoms with Gasteiger partial charge in [0, 0.05) is 0 Å². The molecule has 0 aliphatic carbocycles. The Morgan fingerprint density at radius 2 is 0.762 bits per heavy atom. The van der Waals surface area contributed by atoms with Gasteiger partial charge in [-0.3, -0.25) is 0 Å². The zero-order valence-corrected chi connectivity index (χ0v) is 23.2. The number of fused-ring (bicyclic) bond motifs is 3. The SMILES string of the molecule is c1ccc(-c2ccc3c(-c4ccccc4)c4ccccc4c(-c4ccccc4-c4cccc5ccccc45)c3c2)cc1. The van der Waals surface area contributed by atoms with Gasteiger partial charge in [-0.1, -0.05) is 164 Å². The second-order valence-corrected chi connectivity index (χ2v) is 10.9. The van der Waals surface area contributed by atoms with Crippen LogP contribution in [0.25, 0.3) is 76.8 Å². The zero-order chi connectivity index (χ0) is 27.9. The summed E-state index contributed by atoms with van der Waals surface area (Å²) in [6, 6.07) is 61.7. The average molecular weight is 533 g/mol. The highest BCUT2D eigenvalue weighted by atomic mass is 14.2. The summed E-state index contributed by atoms with van der Waals surface area (Å²) in [5.41, 5.74) is 10.0. The Balaban J connectivity index is 1.53. The maximum atomic E-state index is 2.40. The first-order valence-electron chi connectivity index (χ1n) is 14.5. The van der Waals surface area contributed by atoms with E-state index in [1.807, 2.05) is 0 Å². The van der Waals surface area contributed by atoms with E-state index in [4.69, 9.17) is 0 Å². The van der Waals surface area contributed by atoms with Crippen LogP contribution in [0.4, 0.5) is 0 Å². The molecule has 42 heavy (non-hydrogen) atoms. The van der Waals surface area contributed by atoms with Crippen molar-refractivity contribution in [3.63, 3.8) is 0 Å². The third-order valence-electron chi connectivity index (χ3n) is 8.47. The molecule has 0 radical (unpaired) electrons. The van der Waals surface area contributed by atoms with Gasteiger partial charge in [0.1, 0.15) is 0 Å². The first-order valence-corrected chi connectivity index (χ1v) is 14.5. The molecule has 0 N–H and O–H groups in total. The quantitative estimate of drug-likeness (QED) is 0.198. The standard InChI is InChI=1S/C42H28/c1-3-14-29(15-4-1)32-26-27-39-40(28-32)42(38-24-12-11-23-37(38)41(39)31-17-5-2-6-18-31)36-22-10-9-21-35(36)34-25-13-19-30-16-7-8-20-33(30)34/h1-28H. The summed E-state index contributed by atoms with van der Waals surface area (Å²) in [4.78, 5) is 0. The van der Waals surface area contributed by atoms with E-state index in [1.165, 1.54) is 76.8 Å². The highest BCUT2D eigenvalue weighted by Crippen LogP contribution is 2.47. The lowest BCUT2D eigenvalue weighted by molar-refractivity contribution is 1.62. The monoisotopic (exact) mass is 532 g/mol. The van der Waals surface area contributed by atoms with Crippen LogP contribution in [0.5, 0.6) is 0 Å². The first-order chi connectivity index (χ1) is 20.9. The molecular formula is C42H28. The lowest BCUT2D eigenvalue weighted by atomic mass is 9.82. The van der Waals surface area contributed by atoms with Crippen LogP contribution in [0, 0.1) is 0 Å². The number of hydrogen-bond acceptors (Lipinski definition) is 0. The van der Waals surface area contributed by atoms with Crippen molar-refractivity contribution >= 4 is 32.3 Å². The Kier molecular flexibility index (Phi) is 5.90. The van der Waals surface area contributed by atoms with Crippen molar-refractivity contribution in [1.82, 2.24) is 0 Å². The molecule has 196 valence electrons. The summed E-state index contributed by atoms with van der Waals surface area (Å²) < 4.78 is 0. The van der Waals surface area contributed by atoms with E-state index in [9.17, 15) is 0 Å². The normalized spacial score (nSPS) is 11.3. The van der Waals surface area contributed by atoms with Crippen molar-refractivity contribution in [2.45, 2.75) is 0 Å². The molecule has 0 amide bonds. The van der Waals surface area contributed by atoms with E-state index in [0.29, 0.717) is 0 Å². The van der Waals surface area contributed by atoms with E-state index < -0.39 is 0 Å². The predicted molar refractivity (Wildman–Crippen MR) is 181 cm³/mol. The molecule has 0 saturated carbocycles. The van der Waals surface area contributed by atoms with Crippen LogP contribution in [0.15, 0.2) is 170 Å². The van der Waals surface area contributed by atoms with Gasteiger partial charge in [-0.05, 0) is 82.9 Å². The van der Waals surface area contributed by atoms with Crippen LogP contribution >= 0.6 is 0 Å². The predicted octanol–water partition coefficient (Wildman–Crippen LogP) is 11.8. The molecule has 0 saturated heterocycles. The summed E-state index contributed by atoms with van der Waals surface area (Å²) >= 11 is 0. The van der Waals surface area contributed by atoms with Crippen LogP contribution in [0.3, 0.4) is 0 Å². The van der Waals surface area contributed by atoms with Gasteiger partial charge in [0.05, 0.1) is 0 Å². The van der Waals surface area contributed by atoms with Gasteiger partial charge in [0.25, 0.3) is 0 Å². The molecule has 0 aromatic heterocycles. The summed E-state index contributed by atoms with van der Waals surface area (Å²) in [7, 11) is 0. The van der Waals surface area contributed by atoms with Crippen LogP contribution in [0.1, 0.15) is 0 Å². The van der Waals surface area contributed by atoms with Gasteiger partial charge in [-0.15, -0.1) is 0 Å². The fourth-order valence-corrected chi connectivity index (χ4v) is 6.59. The van der Waals surface area contributed by atoms with Crippen LogP contribution < -0.4 is 0 Å². The third-order valence-corrected chi connectivity index (χ3v) is 8.47. The second kappa shape index (κ2) is 10.2. The highest BCUT2D eigenvalue weighted by Gasteiger charge is 2.20. The maximum Gasteiger partial charge on any atom is -0.00199 e. The number of rotatable bonds is 4. The lowest BCUT2D eigenvalue weighted by Crippen LogP contribution is -1.93. The summed E-state index contributed by atoms with van der Waals surface area (Å²) in [6.07, 6.45) is 0. The number of hydrogen-bond donors (Lipinski definition) is 0. The van der Waals surface area contributed by atoms with Gasteiger partial charge in [0.15, 0.2) is 0 Å². The van der Waals surface area contributed by atoms with E-state index in [2.05, 4.69) is 170 Å². The third kappa shape index (κ3) is 4.00. The molecule has 0 atom stereocenters. The van der Waals surface area contributed by atoms with E-state index in [0.717, 1.165) is 0 Å². The van der Waals surface area contributed by atoms with Crippen LogP contribution in [0.2, 0.25) is 0 Å². The second-order valence-electron chi connectivity index (χ2n) is 10.9. The Labute approximate surface area is 246 Å². The molecule has 0 aliphatic rings. The molecule has 0 heterocycles. The Morgan fingerprint density at radius 1 is 0.238 bits per heavy atom. The number of benzene rings is 8. The molecule has 8 aromatic rings. The van der Waals surface area contributed by atoms with E-state index in [1.54, 1.807) is 0 Å². The highest BCUT2D eigenvalue weighted by molar-refractivity contribution is 6.23. The fraction of sp³-hybridized carbons (Fsp3) is 0. The Hall–Kier alpha value is -5.46. The minimum atomic E-state index is 1.22. The minimum absolute atomic E-state index is 1.22. The van der Waals surface area contributed by atoms with Crippen molar-refractivity contribution in [2.75, 3.05) is 0 Å². The molecule has 0 fully saturated rings. The van der Waals surface area contributed by atoms with Gasteiger partial charge in [-0.25, -0.2) is 0 Å². The molecule has 0 nitrogen and oxygen atoms in total. The topological polar surface area (TPSA) is 0 Å². The first kappa shape index (κ1) is 24.3. The average Bonchev–Trinajstić information content (AvgIpc) is 3.07. The molecular weight excluding hydrogens is 504 g/mol. The van der Waals surface area contributed by atoms with E-state index >= 15 is 0 Å². The van der Waals surface area contributed by atoms with Crippen LogP contribution in [-0.2, 0) is 0 Å². The Bertz CT molecular complexity index is 2220. The van der Waals surface area contributed by atoms with Gasteiger partial charge in [-0.2, -0.15) is 0 Å². The van der Waals surface area contributed by atoms with Gasteiger partial charge >= 0.3 is 0 Å². The maximum absolute atomic E-state index is 2.40. The van der Waals surface area contributed by atoms with Crippen molar-refractivity contribution in [1.29, 1.82) is 0 Å². The Morgan fingerprint density at radius 3 is 1.52 bits per heavy atom. The van der Waals surface area contributed by atoms with Crippen molar-refractivity contribution in [3.8, 4) is 44.5 Å². The molecule has 0 unspecified atom stereocenters. The van der Waals surface area contributed by atoms with Crippen molar-refractivity contribution in [2.24, 2.45) is 0 Å². The molecule has 8 rings (SSSR count).